The standard InChI is InChI=1S/C17H21NO3/c1-11(2)17(13-7-5-4-6-8-13)9-14(17)15(19)18-12(3)10-21-16(18)20/h4-8,11-12,14H,9-10H2,1-3H3/t12-,14?,17-/m1/s1. The molecule has 0 N–H and O–H groups in total. The van der Waals surface area contributed by atoms with Crippen molar-refractivity contribution in [2.45, 2.75) is 38.6 Å². The number of hydrogen-bond acceptors (Lipinski definition) is 3. The van der Waals surface area contributed by atoms with Crippen molar-refractivity contribution in [2.75, 3.05) is 6.61 Å². The molecule has 2 fully saturated rings. The summed E-state index contributed by atoms with van der Waals surface area (Å²) in [6, 6.07) is 10.00. The first-order valence-electron chi connectivity index (χ1n) is 7.54. The van der Waals surface area contributed by atoms with Crippen LogP contribution in [0.3, 0.4) is 0 Å². The van der Waals surface area contributed by atoms with Crippen LogP contribution in [-0.2, 0) is 14.9 Å². The predicted octanol–water partition coefficient (Wildman–Crippen LogP) is 2.97. The van der Waals surface area contributed by atoms with Crippen molar-refractivity contribution < 1.29 is 14.3 Å². The van der Waals surface area contributed by atoms with E-state index in [2.05, 4.69) is 26.0 Å². The fourth-order valence-electron chi connectivity index (χ4n) is 3.62. The van der Waals surface area contributed by atoms with Crippen LogP contribution < -0.4 is 0 Å². The first kappa shape index (κ1) is 14.1. The first-order valence-corrected chi connectivity index (χ1v) is 7.54. The SMILES string of the molecule is CC(C)[C@@]1(c2ccccc2)CC1C(=O)N1C(=O)OC[C@H]1C. The van der Waals surface area contributed by atoms with Gasteiger partial charge in [-0.1, -0.05) is 44.2 Å². The van der Waals surface area contributed by atoms with Crippen LogP contribution in [0.15, 0.2) is 30.3 Å². The topological polar surface area (TPSA) is 46.6 Å². The average molecular weight is 287 g/mol. The van der Waals surface area contributed by atoms with E-state index in [1.807, 2.05) is 25.1 Å². The zero-order valence-electron chi connectivity index (χ0n) is 12.7. The number of imide groups is 1. The van der Waals surface area contributed by atoms with Crippen LogP contribution in [0.25, 0.3) is 0 Å². The van der Waals surface area contributed by atoms with E-state index in [4.69, 9.17) is 4.74 Å². The molecule has 1 heterocycles. The van der Waals surface area contributed by atoms with Crippen molar-refractivity contribution in [3.05, 3.63) is 35.9 Å². The second kappa shape index (κ2) is 4.86. The molecule has 1 aliphatic heterocycles. The van der Waals surface area contributed by atoms with E-state index in [1.54, 1.807) is 0 Å². The van der Waals surface area contributed by atoms with E-state index < -0.39 is 6.09 Å². The Morgan fingerprint density at radius 1 is 1.33 bits per heavy atom. The highest BCUT2D eigenvalue weighted by Gasteiger charge is 2.62. The summed E-state index contributed by atoms with van der Waals surface area (Å²) in [6.45, 7) is 6.44. The van der Waals surface area contributed by atoms with Crippen molar-refractivity contribution >= 4 is 12.0 Å². The minimum atomic E-state index is -0.495. The maximum atomic E-state index is 12.7. The third kappa shape index (κ3) is 2.04. The molecule has 0 spiro atoms. The monoisotopic (exact) mass is 287 g/mol. The molecule has 0 aromatic heterocycles. The number of cyclic esters (lactones) is 1. The Morgan fingerprint density at radius 3 is 2.52 bits per heavy atom. The minimum Gasteiger partial charge on any atom is -0.447 e. The quantitative estimate of drug-likeness (QED) is 0.858. The number of benzene rings is 1. The minimum absolute atomic E-state index is 0.0810. The van der Waals surface area contributed by atoms with Gasteiger partial charge in [0.2, 0.25) is 5.91 Å². The Bertz CT molecular complexity index is 569. The molecule has 1 aromatic rings. The highest BCUT2D eigenvalue weighted by molar-refractivity contribution is 5.97. The van der Waals surface area contributed by atoms with Crippen LogP contribution in [0.2, 0.25) is 0 Å². The summed E-state index contributed by atoms with van der Waals surface area (Å²) in [7, 11) is 0. The molecule has 3 rings (SSSR count). The van der Waals surface area contributed by atoms with Gasteiger partial charge in [-0.25, -0.2) is 9.69 Å². The van der Waals surface area contributed by atoms with Crippen LogP contribution in [0.5, 0.6) is 0 Å². The van der Waals surface area contributed by atoms with E-state index in [1.165, 1.54) is 10.5 Å². The van der Waals surface area contributed by atoms with Crippen molar-refractivity contribution in [3.8, 4) is 0 Å². The molecule has 3 atom stereocenters. The maximum Gasteiger partial charge on any atom is 0.416 e. The van der Waals surface area contributed by atoms with Crippen molar-refractivity contribution in [1.29, 1.82) is 0 Å². The maximum absolute atomic E-state index is 12.7. The Balaban J connectivity index is 1.88. The number of amides is 2. The summed E-state index contributed by atoms with van der Waals surface area (Å²) in [5, 5.41) is 0. The second-order valence-corrected chi connectivity index (χ2v) is 6.45. The Morgan fingerprint density at radius 2 is 2.00 bits per heavy atom. The summed E-state index contributed by atoms with van der Waals surface area (Å²) < 4.78 is 4.98. The van der Waals surface area contributed by atoms with Gasteiger partial charge >= 0.3 is 6.09 Å². The summed E-state index contributed by atoms with van der Waals surface area (Å²) in [5.41, 5.74) is 1.06. The van der Waals surface area contributed by atoms with E-state index in [0.29, 0.717) is 12.5 Å². The van der Waals surface area contributed by atoms with Gasteiger partial charge in [0.15, 0.2) is 0 Å². The van der Waals surface area contributed by atoms with Crippen LogP contribution in [0.4, 0.5) is 4.79 Å². The van der Waals surface area contributed by atoms with Gasteiger partial charge in [-0.05, 0) is 24.8 Å². The third-order valence-electron chi connectivity index (χ3n) is 4.97. The molecule has 1 saturated heterocycles. The van der Waals surface area contributed by atoms with Gasteiger partial charge in [0.1, 0.15) is 6.61 Å². The van der Waals surface area contributed by atoms with E-state index in [0.717, 1.165) is 6.42 Å². The first-order chi connectivity index (χ1) is 9.98. The normalized spacial score (nSPS) is 31.4. The number of hydrogen-bond donors (Lipinski definition) is 0. The lowest BCUT2D eigenvalue weighted by Crippen LogP contribution is -2.40. The zero-order valence-corrected chi connectivity index (χ0v) is 12.7. The molecule has 112 valence electrons. The van der Waals surface area contributed by atoms with E-state index in [-0.39, 0.29) is 23.3 Å². The third-order valence-corrected chi connectivity index (χ3v) is 4.97. The van der Waals surface area contributed by atoms with E-state index >= 15 is 0 Å². The molecule has 0 bridgehead atoms. The average Bonchev–Trinajstić information content (AvgIpc) is 3.15. The Kier molecular flexibility index (Phi) is 3.27. The summed E-state index contributed by atoms with van der Waals surface area (Å²) in [4.78, 5) is 25.8. The van der Waals surface area contributed by atoms with Gasteiger partial charge in [0.05, 0.1) is 6.04 Å². The number of nitrogens with zero attached hydrogens (tertiary/aromatic N) is 1. The van der Waals surface area contributed by atoms with Gasteiger partial charge in [-0.3, -0.25) is 4.79 Å². The second-order valence-electron chi connectivity index (χ2n) is 6.45. The summed E-state index contributed by atoms with van der Waals surface area (Å²) in [5.74, 6) is 0.151. The van der Waals surface area contributed by atoms with Gasteiger partial charge in [0.25, 0.3) is 0 Å². The molecular formula is C17H21NO3. The smallest absolute Gasteiger partial charge is 0.416 e. The summed E-state index contributed by atoms with van der Waals surface area (Å²) >= 11 is 0. The van der Waals surface area contributed by atoms with Crippen LogP contribution >= 0.6 is 0 Å². The molecule has 0 radical (unpaired) electrons. The lowest BCUT2D eigenvalue weighted by Gasteiger charge is -2.24. The molecule has 1 aromatic carbocycles. The Hall–Kier alpha value is -1.84. The molecule has 1 aliphatic carbocycles. The lowest BCUT2D eigenvalue weighted by molar-refractivity contribution is -0.131. The largest absolute Gasteiger partial charge is 0.447 e. The molecular weight excluding hydrogens is 266 g/mol. The molecule has 2 aliphatic rings. The van der Waals surface area contributed by atoms with E-state index in [9.17, 15) is 9.59 Å². The van der Waals surface area contributed by atoms with Gasteiger partial charge in [0, 0.05) is 11.3 Å². The number of ether oxygens (including phenoxy) is 1. The molecule has 4 heteroatoms. The number of carbonyl (C=O) groups is 2. The highest BCUT2D eigenvalue weighted by atomic mass is 16.6. The molecule has 1 saturated carbocycles. The van der Waals surface area contributed by atoms with Crippen molar-refractivity contribution in [2.24, 2.45) is 11.8 Å². The van der Waals surface area contributed by atoms with Gasteiger partial charge in [-0.2, -0.15) is 0 Å². The molecule has 21 heavy (non-hydrogen) atoms. The molecule has 1 unspecified atom stereocenters. The fourth-order valence-corrected chi connectivity index (χ4v) is 3.62. The van der Waals surface area contributed by atoms with Crippen LogP contribution in [0, 0.1) is 11.8 Å². The number of rotatable bonds is 3. The lowest BCUT2D eigenvalue weighted by atomic mass is 9.82. The zero-order chi connectivity index (χ0) is 15.2. The number of carbonyl (C=O) groups excluding carboxylic acids is 2. The highest BCUT2D eigenvalue weighted by Crippen LogP contribution is 2.60. The van der Waals surface area contributed by atoms with Crippen molar-refractivity contribution in [1.82, 2.24) is 4.90 Å². The molecule has 4 nitrogen and oxygen atoms in total. The van der Waals surface area contributed by atoms with Gasteiger partial charge in [-0.15, -0.1) is 0 Å². The predicted molar refractivity (Wildman–Crippen MR) is 78.7 cm³/mol. The summed E-state index contributed by atoms with van der Waals surface area (Å²) in [6.07, 6.45) is 0.314. The van der Waals surface area contributed by atoms with Crippen molar-refractivity contribution in [3.63, 3.8) is 0 Å². The fraction of sp³-hybridized carbons (Fsp3) is 0.529. The van der Waals surface area contributed by atoms with Crippen LogP contribution in [0.1, 0.15) is 32.8 Å². The van der Waals surface area contributed by atoms with Crippen LogP contribution in [-0.4, -0.2) is 29.5 Å². The van der Waals surface area contributed by atoms with Gasteiger partial charge < -0.3 is 4.74 Å². The molecule has 2 amide bonds. The Labute approximate surface area is 125 Å².